The van der Waals surface area contributed by atoms with E-state index in [9.17, 15) is 0 Å². The fourth-order valence-corrected chi connectivity index (χ4v) is 0.880. The SMILES string of the molecule is CC.CC.COc1ccccc1B(O)O. The van der Waals surface area contributed by atoms with Crippen molar-refractivity contribution in [2.75, 3.05) is 7.11 Å². The Balaban J connectivity index is 0. The van der Waals surface area contributed by atoms with Gasteiger partial charge in [-0.1, -0.05) is 45.9 Å². The van der Waals surface area contributed by atoms with Gasteiger partial charge in [-0.05, 0) is 6.07 Å². The lowest BCUT2D eigenvalue weighted by Gasteiger charge is -2.05. The summed E-state index contributed by atoms with van der Waals surface area (Å²) in [6.07, 6.45) is 0. The lowest BCUT2D eigenvalue weighted by Crippen LogP contribution is -2.30. The second-order valence-electron chi connectivity index (χ2n) is 2.12. The third kappa shape index (κ3) is 6.15. The topological polar surface area (TPSA) is 49.7 Å². The first-order valence-corrected chi connectivity index (χ1v) is 5.24. The molecule has 0 aliphatic heterocycles. The average Bonchev–Trinajstić information content (AvgIpc) is 2.34. The van der Waals surface area contributed by atoms with Gasteiger partial charge in [0.05, 0.1) is 7.11 Å². The van der Waals surface area contributed by atoms with Crippen LogP contribution in [0.4, 0.5) is 0 Å². The summed E-state index contributed by atoms with van der Waals surface area (Å²) in [5.41, 5.74) is 0.384. The number of hydrogen-bond acceptors (Lipinski definition) is 3. The molecule has 0 unspecified atom stereocenters. The van der Waals surface area contributed by atoms with Crippen LogP contribution in [0, 0.1) is 0 Å². The fraction of sp³-hybridized carbons (Fsp3) is 0.455. The van der Waals surface area contributed by atoms with Gasteiger partial charge in [-0.25, -0.2) is 0 Å². The van der Waals surface area contributed by atoms with E-state index in [0.29, 0.717) is 11.2 Å². The molecule has 86 valence electrons. The van der Waals surface area contributed by atoms with E-state index < -0.39 is 7.12 Å². The lowest BCUT2D eigenvalue weighted by molar-refractivity contribution is 0.403. The van der Waals surface area contributed by atoms with E-state index in [1.807, 2.05) is 27.7 Å². The molecule has 0 spiro atoms. The van der Waals surface area contributed by atoms with Gasteiger partial charge < -0.3 is 14.8 Å². The molecule has 1 aromatic rings. The number of methoxy groups -OCH3 is 1. The minimum absolute atomic E-state index is 0.384. The standard InChI is InChI=1S/C7H9BO3.2C2H6/c1-11-7-5-3-2-4-6(7)8(9)10;2*1-2/h2-5,9-10H,1H3;2*1-2H3. The van der Waals surface area contributed by atoms with E-state index in [1.54, 1.807) is 24.3 Å². The van der Waals surface area contributed by atoms with Crippen LogP contribution in [0.1, 0.15) is 27.7 Å². The smallest absolute Gasteiger partial charge is 0.492 e. The summed E-state index contributed by atoms with van der Waals surface area (Å²) in [6, 6.07) is 6.76. The Kier molecular flexibility index (Phi) is 12.1. The maximum absolute atomic E-state index is 8.81. The van der Waals surface area contributed by atoms with Gasteiger partial charge in [0.15, 0.2) is 0 Å². The summed E-state index contributed by atoms with van der Waals surface area (Å²) >= 11 is 0. The van der Waals surface area contributed by atoms with Crippen molar-refractivity contribution in [3.05, 3.63) is 24.3 Å². The zero-order valence-corrected chi connectivity index (χ0v) is 10.2. The number of hydrogen-bond donors (Lipinski definition) is 2. The molecule has 4 heteroatoms. The first kappa shape index (κ1) is 16.4. The van der Waals surface area contributed by atoms with Crippen molar-refractivity contribution < 1.29 is 14.8 Å². The predicted molar refractivity (Wildman–Crippen MR) is 65.5 cm³/mol. The van der Waals surface area contributed by atoms with Crippen molar-refractivity contribution in [3.8, 4) is 5.75 Å². The monoisotopic (exact) mass is 212 g/mol. The molecule has 0 radical (unpaired) electrons. The van der Waals surface area contributed by atoms with Crippen LogP contribution in [-0.4, -0.2) is 24.3 Å². The molecule has 0 aliphatic rings. The van der Waals surface area contributed by atoms with Crippen molar-refractivity contribution in [2.24, 2.45) is 0 Å². The third-order valence-corrected chi connectivity index (χ3v) is 1.42. The van der Waals surface area contributed by atoms with Crippen LogP contribution in [0.5, 0.6) is 5.75 Å². The van der Waals surface area contributed by atoms with Gasteiger partial charge in [0.2, 0.25) is 0 Å². The molecule has 0 amide bonds. The molecule has 0 bridgehead atoms. The van der Waals surface area contributed by atoms with E-state index in [-0.39, 0.29) is 0 Å². The maximum Gasteiger partial charge on any atom is 0.492 e. The van der Waals surface area contributed by atoms with Gasteiger partial charge in [-0.2, -0.15) is 0 Å². The van der Waals surface area contributed by atoms with E-state index in [1.165, 1.54) is 7.11 Å². The summed E-state index contributed by atoms with van der Waals surface area (Å²) in [5.74, 6) is 0.488. The Morgan fingerprint density at radius 2 is 1.47 bits per heavy atom. The molecule has 0 atom stereocenters. The highest BCUT2D eigenvalue weighted by molar-refractivity contribution is 6.59. The quantitative estimate of drug-likeness (QED) is 0.729. The summed E-state index contributed by atoms with van der Waals surface area (Å²) in [5, 5.41) is 17.6. The van der Waals surface area contributed by atoms with Gasteiger partial charge in [0.25, 0.3) is 0 Å². The molecule has 0 saturated heterocycles. The van der Waals surface area contributed by atoms with Crippen molar-refractivity contribution >= 4 is 12.6 Å². The Labute approximate surface area is 92.9 Å². The summed E-state index contributed by atoms with van der Waals surface area (Å²) < 4.78 is 4.89. The highest BCUT2D eigenvalue weighted by atomic mass is 16.5. The largest absolute Gasteiger partial charge is 0.497 e. The second kappa shape index (κ2) is 11.1. The summed E-state index contributed by atoms with van der Waals surface area (Å²) in [6.45, 7) is 8.00. The highest BCUT2D eigenvalue weighted by Crippen LogP contribution is 2.04. The van der Waals surface area contributed by atoms with Crippen LogP contribution in [0.25, 0.3) is 0 Å². The van der Waals surface area contributed by atoms with Crippen molar-refractivity contribution in [1.29, 1.82) is 0 Å². The average molecular weight is 212 g/mol. The van der Waals surface area contributed by atoms with Crippen molar-refractivity contribution in [2.45, 2.75) is 27.7 Å². The second-order valence-corrected chi connectivity index (χ2v) is 2.12. The Hall–Kier alpha value is -0.995. The third-order valence-electron chi connectivity index (χ3n) is 1.42. The summed E-state index contributed by atoms with van der Waals surface area (Å²) in [7, 11) is 0.0208. The van der Waals surface area contributed by atoms with E-state index in [4.69, 9.17) is 14.8 Å². The number of para-hydroxylation sites is 1. The molecule has 0 aliphatic carbocycles. The molecule has 1 aromatic carbocycles. The van der Waals surface area contributed by atoms with Crippen LogP contribution in [0.15, 0.2) is 24.3 Å². The minimum Gasteiger partial charge on any atom is -0.497 e. The highest BCUT2D eigenvalue weighted by Gasteiger charge is 2.14. The van der Waals surface area contributed by atoms with Gasteiger partial charge in [-0.3, -0.25) is 0 Å². The molecule has 3 nitrogen and oxygen atoms in total. The number of ether oxygens (including phenoxy) is 1. The van der Waals surface area contributed by atoms with Crippen LogP contribution < -0.4 is 10.2 Å². The predicted octanol–water partition coefficient (Wildman–Crippen LogP) is 1.43. The fourth-order valence-electron chi connectivity index (χ4n) is 0.880. The van der Waals surface area contributed by atoms with Gasteiger partial charge in [-0.15, -0.1) is 0 Å². The van der Waals surface area contributed by atoms with E-state index in [2.05, 4.69) is 0 Å². The zero-order chi connectivity index (χ0) is 12.3. The lowest BCUT2D eigenvalue weighted by atomic mass is 9.80. The van der Waals surface area contributed by atoms with Crippen molar-refractivity contribution in [1.82, 2.24) is 0 Å². The molecule has 0 saturated carbocycles. The van der Waals surface area contributed by atoms with E-state index >= 15 is 0 Å². The molecule has 1 rings (SSSR count). The van der Waals surface area contributed by atoms with Gasteiger partial charge >= 0.3 is 7.12 Å². The minimum atomic E-state index is -1.47. The zero-order valence-electron chi connectivity index (χ0n) is 10.2. The van der Waals surface area contributed by atoms with Crippen LogP contribution in [0.3, 0.4) is 0 Å². The molecule has 0 aromatic heterocycles. The molecule has 0 heterocycles. The summed E-state index contributed by atoms with van der Waals surface area (Å²) in [4.78, 5) is 0. The molecule has 2 N–H and O–H groups in total. The number of benzene rings is 1. The first-order chi connectivity index (χ1) is 7.25. The normalized spacial score (nSPS) is 7.67. The Bertz CT molecular complexity index is 239. The Morgan fingerprint density at radius 3 is 1.80 bits per heavy atom. The van der Waals surface area contributed by atoms with Gasteiger partial charge in [0, 0.05) is 5.46 Å². The van der Waals surface area contributed by atoms with Crippen LogP contribution in [0.2, 0.25) is 0 Å². The Morgan fingerprint density at radius 1 is 1.00 bits per heavy atom. The molecule has 15 heavy (non-hydrogen) atoms. The number of rotatable bonds is 2. The van der Waals surface area contributed by atoms with Crippen LogP contribution >= 0.6 is 0 Å². The van der Waals surface area contributed by atoms with Gasteiger partial charge in [0.1, 0.15) is 5.75 Å². The maximum atomic E-state index is 8.81. The van der Waals surface area contributed by atoms with E-state index in [0.717, 1.165) is 0 Å². The molecular formula is C11H21BO3. The first-order valence-electron chi connectivity index (χ1n) is 5.24. The molecular weight excluding hydrogens is 191 g/mol. The van der Waals surface area contributed by atoms with Crippen LogP contribution in [-0.2, 0) is 0 Å². The molecule has 0 fully saturated rings. The van der Waals surface area contributed by atoms with Crippen molar-refractivity contribution in [3.63, 3.8) is 0 Å².